The summed E-state index contributed by atoms with van der Waals surface area (Å²) < 4.78 is 5.66. The van der Waals surface area contributed by atoms with Gasteiger partial charge in [0.05, 0.1) is 12.7 Å². The minimum atomic E-state index is -0.236. The largest absolute Gasteiger partial charge is 0.399 e. The van der Waals surface area contributed by atoms with Crippen LogP contribution in [0.25, 0.3) is 0 Å². The first-order chi connectivity index (χ1) is 9.24. The number of carbonyl (C=O) groups is 1. The van der Waals surface area contributed by atoms with E-state index >= 15 is 0 Å². The van der Waals surface area contributed by atoms with Gasteiger partial charge in [0.1, 0.15) is 0 Å². The van der Waals surface area contributed by atoms with Gasteiger partial charge in [0, 0.05) is 17.9 Å². The first-order valence-electron chi connectivity index (χ1n) is 6.76. The lowest BCUT2D eigenvalue weighted by Crippen LogP contribution is -2.32. The smallest absolute Gasteiger partial charge is 0.319 e. The Balaban J connectivity index is 1.61. The minimum absolute atomic E-state index is 0.236. The van der Waals surface area contributed by atoms with E-state index in [1.165, 1.54) is 12.8 Å². The third kappa shape index (κ3) is 4.79. The number of nitrogens with two attached hydrogens (primary N) is 1. The van der Waals surface area contributed by atoms with Gasteiger partial charge in [-0.3, -0.25) is 0 Å². The van der Waals surface area contributed by atoms with Gasteiger partial charge in [-0.2, -0.15) is 0 Å². The summed E-state index contributed by atoms with van der Waals surface area (Å²) in [4.78, 5) is 11.6. The molecular weight excluding hydrogens is 242 g/mol. The molecule has 1 saturated carbocycles. The molecule has 0 aliphatic heterocycles. The van der Waals surface area contributed by atoms with E-state index in [1.54, 1.807) is 24.3 Å². The molecule has 0 radical (unpaired) electrons. The highest BCUT2D eigenvalue weighted by Gasteiger charge is 2.14. The van der Waals surface area contributed by atoms with Gasteiger partial charge in [0.15, 0.2) is 0 Å². The van der Waals surface area contributed by atoms with Crippen molar-refractivity contribution in [1.29, 1.82) is 0 Å². The zero-order chi connectivity index (χ0) is 13.5. The highest BCUT2D eigenvalue weighted by atomic mass is 16.5. The van der Waals surface area contributed by atoms with Crippen LogP contribution < -0.4 is 16.4 Å². The van der Waals surface area contributed by atoms with Crippen molar-refractivity contribution < 1.29 is 9.53 Å². The molecule has 0 spiro atoms. The molecule has 0 unspecified atom stereocenters. The molecular formula is C14H21N3O2. The molecule has 19 heavy (non-hydrogen) atoms. The molecule has 0 saturated heterocycles. The molecule has 104 valence electrons. The van der Waals surface area contributed by atoms with Crippen LogP contribution in [0.3, 0.4) is 0 Å². The maximum Gasteiger partial charge on any atom is 0.319 e. The van der Waals surface area contributed by atoms with E-state index in [9.17, 15) is 4.79 Å². The van der Waals surface area contributed by atoms with Crippen LogP contribution in [0, 0.1) is 0 Å². The van der Waals surface area contributed by atoms with E-state index in [4.69, 9.17) is 10.5 Å². The summed E-state index contributed by atoms with van der Waals surface area (Å²) >= 11 is 0. The summed E-state index contributed by atoms with van der Waals surface area (Å²) in [6.45, 7) is 1.08. The van der Waals surface area contributed by atoms with Gasteiger partial charge in [-0.15, -0.1) is 0 Å². The molecule has 5 nitrogen and oxygen atoms in total. The van der Waals surface area contributed by atoms with Gasteiger partial charge in [0.2, 0.25) is 0 Å². The van der Waals surface area contributed by atoms with Crippen LogP contribution >= 0.6 is 0 Å². The quantitative estimate of drug-likeness (QED) is 0.563. The van der Waals surface area contributed by atoms with E-state index in [0.29, 0.717) is 30.6 Å². The predicted molar refractivity (Wildman–Crippen MR) is 76.1 cm³/mol. The molecule has 1 fully saturated rings. The zero-order valence-electron chi connectivity index (χ0n) is 11.0. The third-order valence-electron chi connectivity index (χ3n) is 3.19. The molecule has 1 aromatic rings. The van der Waals surface area contributed by atoms with Gasteiger partial charge >= 0.3 is 6.03 Å². The van der Waals surface area contributed by atoms with E-state index in [2.05, 4.69) is 10.6 Å². The molecule has 1 aromatic carbocycles. The van der Waals surface area contributed by atoms with Gasteiger partial charge < -0.3 is 21.1 Å². The Kier molecular flexibility index (Phi) is 5.03. The molecule has 4 N–H and O–H groups in total. The number of hydrogen-bond donors (Lipinski definition) is 3. The first-order valence-corrected chi connectivity index (χ1v) is 6.76. The maximum atomic E-state index is 11.6. The van der Waals surface area contributed by atoms with Crippen LogP contribution in [0.2, 0.25) is 0 Å². The highest BCUT2D eigenvalue weighted by molar-refractivity contribution is 5.89. The predicted octanol–water partition coefficient (Wildman–Crippen LogP) is 2.35. The Morgan fingerprint density at radius 1 is 1.37 bits per heavy atom. The molecule has 1 aliphatic carbocycles. The molecule has 0 atom stereocenters. The minimum Gasteiger partial charge on any atom is -0.399 e. The van der Waals surface area contributed by atoms with Crippen molar-refractivity contribution in [2.75, 3.05) is 24.2 Å². The van der Waals surface area contributed by atoms with Crippen LogP contribution in [0.5, 0.6) is 0 Å². The van der Waals surface area contributed by atoms with Crippen molar-refractivity contribution in [3.05, 3.63) is 24.3 Å². The Morgan fingerprint density at radius 2 is 2.16 bits per heavy atom. The van der Waals surface area contributed by atoms with Crippen molar-refractivity contribution in [2.45, 2.75) is 31.8 Å². The van der Waals surface area contributed by atoms with Gasteiger partial charge in [0.25, 0.3) is 0 Å². The summed E-state index contributed by atoms with van der Waals surface area (Å²) in [5, 5.41) is 5.48. The van der Waals surface area contributed by atoms with Crippen molar-refractivity contribution >= 4 is 17.4 Å². The average Bonchev–Trinajstić information content (AvgIpc) is 2.88. The summed E-state index contributed by atoms with van der Waals surface area (Å²) in [5.74, 6) is 0. The second kappa shape index (κ2) is 6.99. The van der Waals surface area contributed by atoms with E-state index in [0.717, 1.165) is 12.8 Å². The number of benzene rings is 1. The zero-order valence-corrected chi connectivity index (χ0v) is 11.0. The second-order valence-corrected chi connectivity index (χ2v) is 4.78. The lowest BCUT2D eigenvalue weighted by Gasteiger charge is -2.12. The van der Waals surface area contributed by atoms with Crippen LogP contribution in [-0.4, -0.2) is 25.3 Å². The summed E-state index contributed by atoms with van der Waals surface area (Å²) in [7, 11) is 0. The standard InChI is InChI=1S/C14H21N3O2/c15-11-4-3-5-12(10-11)17-14(18)16-8-9-19-13-6-1-2-7-13/h3-5,10,13H,1-2,6-9,15H2,(H2,16,17,18). The van der Waals surface area contributed by atoms with Gasteiger partial charge in [-0.1, -0.05) is 18.9 Å². The lowest BCUT2D eigenvalue weighted by molar-refractivity contribution is 0.0615. The topological polar surface area (TPSA) is 76.4 Å². The van der Waals surface area contributed by atoms with Crippen molar-refractivity contribution in [2.24, 2.45) is 0 Å². The number of urea groups is 1. The molecule has 0 aromatic heterocycles. The van der Waals surface area contributed by atoms with Crippen molar-refractivity contribution in [3.63, 3.8) is 0 Å². The fourth-order valence-corrected chi connectivity index (χ4v) is 2.24. The number of rotatable bonds is 5. The van der Waals surface area contributed by atoms with Gasteiger partial charge in [-0.25, -0.2) is 4.79 Å². The van der Waals surface area contributed by atoms with Crippen LogP contribution in [-0.2, 0) is 4.74 Å². The fraction of sp³-hybridized carbons (Fsp3) is 0.500. The van der Waals surface area contributed by atoms with Crippen LogP contribution in [0.4, 0.5) is 16.2 Å². The number of carbonyl (C=O) groups excluding carboxylic acids is 1. The Morgan fingerprint density at radius 3 is 2.89 bits per heavy atom. The fourth-order valence-electron chi connectivity index (χ4n) is 2.24. The average molecular weight is 263 g/mol. The monoisotopic (exact) mass is 263 g/mol. The van der Waals surface area contributed by atoms with E-state index in [1.807, 2.05) is 0 Å². The number of amides is 2. The van der Waals surface area contributed by atoms with Gasteiger partial charge in [-0.05, 0) is 31.0 Å². The lowest BCUT2D eigenvalue weighted by atomic mass is 10.3. The normalized spacial score (nSPS) is 15.4. The summed E-state index contributed by atoms with van der Waals surface area (Å²) in [6, 6.07) is 6.85. The number of hydrogen-bond acceptors (Lipinski definition) is 3. The second-order valence-electron chi connectivity index (χ2n) is 4.78. The Bertz CT molecular complexity index is 417. The maximum absolute atomic E-state index is 11.6. The van der Waals surface area contributed by atoms with Crippen molar-refractivity contribution in [1.82, 2.24) is 5.32 Å². The summed E-state index contributed by atoms with van der Waals surface area (Å²) in [5.41, 5.74) is 6.95. The molecule has 1 aliphatic rings. The Hall–Kier alpha value is -1.75. The van der Waals surface area contributed by atoms with Crippen LogP contribution in [0.15, 0.2) is 24.3 Å². The SMILES string of the molecule is Nc1cccc(NC(=O)NCCOC2CCCC2)c1. The van der Waals surface area contributed by atoms with Crippen LogP contribution in [0.1, 0.15) is 25.7 Å². The van der Waals surface area contributed by atoms with E-state index < -0.39 is 0 Å². The molecule has 0 bridgehead atoms. The molecule has 0 heterocycles. The van der Waals surface area contributed by atoms with E-state index in [-0.39, 0.29) is 6.03 Å². The third-order valence-corrected chi connectivity index (χ3v) is 3.19. The Labute approximate surface area is 113 Å². The molecule has 5 heteroatoms. The number of anilines is 2. The van der Waals surface area contributed by atoms with Crippen molar-refractivity contribution in [3.8, 4) is 0 Å². The molecule has 2 amide bonds. The molecule has 2 rings (SSSR count). The summed E-state index contributed by atoms with van der Waals surface area (Å²) in [6.07, 6.45) is 5.20. The number of nitrogen functional groups attached to an aromatic ring is 1. The number of nitrogens with one attached hydrogen (secondary N) is 2. The number of ether oxygens (including phenoxy) is 1. The highest BCUT2D eigenvalue weighted by Crippen LogP contribution is 2.20. The first kappa shape index (κ1) is 13.7.